The Kier molecular flexibility index (Phi) is 4.39. The second kappa shape index (κ2) is 6.23. The molecule has 2 rings (SSSR count). The number of nitrogens with one attached hydrogen (secondary N) is 1. The van der Waals surface area contributed by atoms with Crippen molar-refractivity contribution >= 4 is 5.82 Å². The van der Waals surface area contributed by atoms with Gasteiger partial charge in [-0.3, -0.25) is 4.98 Å². The van der Waals surface area contributed by atoms with Crippen LogP contribution in [0.15, 0.2) is 42.7 Å². The first kappa shape index (κ1) is 14.1. The molecule has 0 fully saturated rings. The van der Waals surface area contributed by atoms with Crippen LogP contribution in [0.3, 0.4) is 0 Å². The molecule has 4 nitrogen and oxygen atoms in total. The van der Waals surface area contributed by atoms with Crippen LogP contribution < -0.4 is 10.1 Å². The maximum absolute atomic E-state index is 12.0. The van der Waals surface area contributed by atoms with Crippen molar-refractivity contribution in [1.82, 2.24) is 9.97 Å². The summed E-state index contributed by atoms with van der Waals surface area (Å²) in [5, 5.41) is 3.00. The van der Waals surface area contributed by atoms with Gasteiger partial charge in [0, 0.05) is 24.9 Å². The van der Waals surface area contributed by atoms with Gasteiger partial charge in [-0.15, -0.1) is 13.2 Å². The van der Waals surface area contributed by atoms with Gasteiger partial charge in [0.15, 0.2) is 0 Å². The molecule has 0 saturated heterocycles. The molecule has 0 unspecified atom stereocenters. The number of hydrogen-bond donors (Lipinski definition) is 1. The van der Waals surface area contributed by atoms with E-state index in [4.69, 9.17) is 0 Å². The monoisotopic (exact) mass is 283 g/mol. The van der Waals surface area contributed by atoms with E-state index in [9.17, 15) is 13.2 Å². The summed E-state index contributed by atoms with van der Waals surface area (Å²) < 4.78 is 39.6. The van der Waals surface area contributed by atoms with Crippen LogP contribution in [0.5, 0.6) is 5.75 Å². The average Bonchev–Trinajstić information content (AvgIpc) is 2.40. The molecule has 0 aliphatic heterocycles. The third-order valence-corrected chi connectivity index (χ3v) is 2.38. The number of aromatic nitrogens is 2. The van der Waals surface area contributed by atoms with Crippen molar-refractivity contribution in [2.75, 3.05) is 11.9 Å². The van der Waals surface area contributed by atoms with E-state index in [0.29, 0.717) is 18.8 Å². The molecule has 0 aromatic carbocycles. The summed E-state index contributed by atoms with van der Waals surface area (Å²) in [5.74, 6) is 0.142. The molecule has 1 N–H and O–H groups in total. The number of hydrogen-bond acceptors (Lipinski definition) is 4. The predicted octanol–water partition coefficient (Wildman–Crippen LogP) is 3.03. The van der Waals surface area contributed by atoms with E-state index >= 15 is 0 Å². The highest BCUT2D eigenvalue weighted by atomic mass is 19.4. The number of alkyl halides is 3. The zero-order valence-electron chi connectivity index (χ0n) is 10.4. The lowest BCUT2D eigenvalue weighted by atomic mass is 10.3. The summed E-state index contributed by atoms with van der Waals surface area (Å²) in [6.45, 7) is 0.587. The van der Waals surface area contributed by atoms with E-state index in [1.165, 1.54) is 12.1 Å². The van der Waals surface area contributed by atoms with E-state index in [0.717, 1.165) is 11.9 Å². The van der Waals surface area contributed by atoms with Gasteiger partial charge in [0.2, 0.25) is 0 Å². The summed E-state index contributed by atoms with van der Waals surface area (Å²) in [6, 6.07) is 8.26. The van der Waals surface area contributed by atoms with Crippen LogP contribution in [-0.4, -0.2) is 22.9 Å². The first-order valence-corrected chi connectivity index (χ1v) is 5.88. The normalized spacial score (nSPS) is 11.2. The van der Waals surface area contributed by atoms with E-state index in [-0.39, 0.29) is 5.75 Å². The smallest absolute Gasteiger partial charge is 0.404 e. The SMILES string of the molecule is FC(F)(F)Oc1ccc(NCCc2ccccn2)nc1. The molecule has 7 heteroatoms. The minimum Gasteiger partial charge on any atom is -0.404 e. The Balaban J connectivity index is 1.82. The van der Waals surface area contributed by atoms with Gasteiger partial charge in [-0.1, -0.05) is 6.07 Å². The fourth-order valence-corrected chi connectivity index (χ4v) is 1.54. The minimum atomic E-state index is -4.70. The van der Waals surface area contributed by atoms with Crippen molar-refractivity contribution in [2.24, 2.45) is 0 Å². The van der Waals surface area contributed by atoms with Gasteiger partial charge in [0.25, 0.3) is 0 Å². The standard InChI is InChI=1S/C13H12F3N3O/c14-13(15,16)20-11-4-5-12(19-9-11)18-8-6-10-3-1-2-7-17-10/h1-5,7,9H,6,8H2,(H,18,19). The first-order chi connectivity index (χ1) is 9.53. The quantitative estimate of drug-likeness (QED) is 0.916. The Morgan fingerprint density at radius 1 is 1.10 bits per heavy atom. The molecule has 0 aliphatic rings. The molecule has 0 saturated carbocycles. The maximum Gasteiger partial charge on any atom is 0.573 e. The van der Waals surface area contributed by atoms with Crippen LogP contribution >= 0.6 is 0 Å². The first-order valence-electron chi connectivity index (χ1n) is 5.88. The molecule has 2 aromatic rings. The van der Waals surface area contributed by atoms with Crippen LogP contribution in [0.25, 0.3) is 0 Å². The molecule has 0 aliphatic carbocycles. The zero-order chi connectivity index (χ0) is 14.4. The summed E-state index contributed by atoms with van der Waals surface area (Å²) in [6.07, 6.45) is -1.27. The van der Waals surface area contributed by atoms with Crippen LogP contribution in [0.2, 0.25) is 0 Å². The van der Waals surface area contributed by atoms with Gasteiger partial charge in [0.05, 0.1) is 6.20 Å². The van der Waals surface area contributed by atoms with E-state index in [1.54, 1.807) is 6.20 Å². The van der Waals surface area contributed by atoms with Gasteiger partial charge in [-0.2, -0.15) is 0 Å². The van der Waals surface area contributed by atoms with E-state index in [1.807, 2.05) is 18.2 Å². The van der Waals surface area contributed by atoms with Crippen LogP contribution in [0.1, 0.15) is 5.69 Å². The van der Waals surface area contributed by atoms with Gasteiger partial charge >= 0.3 is 6.36 Å². The van der Waals surface area contributed by atoms with Crippen molar-refractivity contribution in [3.63, 3.8) is 0 Å². The van der Waals surface area contributed by atoms with Crippen LogP contribution in [0.4, 0.5) is 19.0 Å². The zero-order valence-corrected chi connectivity index (χ0v) is 10.4. The molecular formula is C13H12F3N3O. The molecule has 0 bridgehead atoms. The average molecular weight is 283 g/mol. The molecule has 0 radical (unpaired) electrons. The Morgan fingerprint density at radius 2 is 1.95 bits per heavy atom. The van der Waals surface area contributed by atoms with Crippen molar-refractivity contribution in [3.05, 3.63) is 48.4 Å². The molecule has 106 valence electrons. The van der Waals surface area contributed by atoms with Gasteiger partial charge in [-0.25, -0.2) is 4.98 Å². The van der Waals surface area contributed by atoms with Crippen molar-refractivity contribution in [3.8, 4) is 5.75 Å². The lowest BCUT2D eigenvalue weighted by molar-refractivity contribution is -0.274. The molecule has 20 heavy (non-hydrogen) atoms. The summed E-state index contributed by atoms with van der Waals surface area (Å²) in [7, 11) is 0. The van der Waals surface area contributed by atoms with Gasteiger partial charge in [-0.05, 0) is 24.3 Å². The number of halogens is 3. The summed E-state index contributed by atoms with van der Waals surface area (Å²) in [5.41, 5.74) is 0.928. The van der Waals surface area contributed by atoms with Crippen molar-refractivity contribution < 1.29 is 17.9 Å². The fourth-order valence-electron chi connectivity index (χ4n) is 1.54. The molecule has 0 amide bonds. The molecular weight excluding hydrogens is 271 g/mol. The fraction of sp³-hybridized carbons (Fsp3) is 0.231. The highest BCUT2D eigenvalue weighted by molar-refractivity contribution is 5.37. The van der Waals surface area contributed by atoms with Crippen molar-refractivity contribution in [1.29, 1.82) is 0 Å². The lowest BCUT2D eigenvalue weighted by Crippen LogP contribution is -2.17. The third kappa shape index (κ3) is 4.75. The predicted molar refractivity (Wildman–Crippen MR) is 67.4 cm³/mol. The topological polar surface area (TPSA) is 47.0 Å². The number of rotatable bonds is 5. The molecule has 2 heterocycles. The Bertz CT molecular complexity index is 529. The molecule has 0 atom stereocenters. The van der Waals surface area contributed by atoms with Gasteiger partial charge < -0.3 is 10.1 Å². The number of nitrogens with zero attached hydrogens (tertiary/aromatic N) is 2. The second-order valence-electron chi connectivity index (χ2n) is 3.92. The van der Waals surface area contributed by atoms with Gasteiger partial charge in [0.1, 0.15) is 11.6 Å². The maximum atomic E-state index is 12.0. The van der Waals surface area contributed by atoms with Crippen molar-refractivity contribution in [2.45, 2.75) is 12.8 Å². The van der Waals surface area contributed by atoms with Crippen LogP contribution in [-0.2, 0) is 6.42 Å². The second-order valence-corrected chi connectivity index (χ2v) is 3.92. The number of ether oxygens (including phenoxy) is 1. The highest BCUT2D eigenvalue weighted by Gasteiger charge is 2.31. The number of pyridine rings is 2. The molecule has 2 aromatic heterocycles. The Labute approximate surface area is 113 Å². The molecule has 0 spiro atoms. The summed E-state index contributed by atoms with van der Waals surface area (Å²) >= 11 is 0. The van der Waals surface area contributed by atoms with Crippen LogP contribution in [0, 0.1) is 0 Å². The lowest BCUT2D eigenvalue weighted by Gasteiger charge is -2.09. The Hall–Kier alpha value is -2.31. The highest BCUT2D eigenvalue weighted by Crippen LogP contribution is 2.22. The summed E-state index contributed by atoms with van der Waals surface area (Å²) in [4.78, 5) is 8.00. The van der Waals surface area contributed by atoms with E-state index in [2.05, 4.69) is 20.0 Å². The third-order valence-electron chi connectivity index (χ3n) is 2.38. The minimum absolute atomic E-state index is 0.340. The largest absolute Gasteiger partial charge is 0.573 e. The Morgan fingerprint density at radius 3 is 2.55 bits per heavy atom. The van der Waals surface area contributed by atoms with E-state index < -0.39 is 6.36 Å². The number of anilines is 1.